The van der Waals surface area contributed by atoms with Gasteiger partial charge in [-0.1, -0.05) is 6.07 Å². The van der Waals surface area contributed by atoms with E-state index in [0.29, 0.717) is 25.3 Å². The second kappa shape index (κ2) is 6.39. The SMILES string of the molecule is COc1cccc(S(=O)(=O)N2CC[C@@]3(CCCO3)[C@@H](OC)C2)c1. The van der Waals surface area contributed by atoms with Gasteiger partial charge in [0.05, 0.1) is 23.7 Å². The van der Waals surface area contributed by atoms with E-state index in [-0.39, 0.29) is 16.6 Å². The van der Waals surface area contributed by atoms with Crippen LogP contribution in [0.3, 0.4) is 0 Å². The Labute approximate surface area is 137 Å². The fourth-order valence-electron chi connectivity index (χ4n) is 3.51. The van der Waals surface area contributed by atoms with Crippen molar-refractivity contribution < 1.29 is 22.6 Å². The van der Waals surface area contributed by atoms with Gasteiger partial charge in [-0.05, 0) is 31.4 Å². The fourth-order valence-corrected chi connectivity index (χ4v) is 4.98. The van der Waals surface area contributed by atoms with E-state index in [1.807, 2.05) is 0 Å². The molecule has 0 saturated carbocycles. The molecule has 23 heavy (non-hydrogen) atoms. The summed E-state index contributed by atoms with van der Waals surface area (Å²) in [6.07, 6.45) is 2.36. The number of rotatable bonds is 4. The quantitative estimate of drug-likeness (QED) is 0.833. The van der Waals surface area contributed by atoms with Gasteiger partial charge in [0, 0.05) is 32.9 Å². The van der Waals surface area contributed by atoms with E-state index in [1.54, 1.807) is 31.4 Å². The van der Waals surface area contributed by atoms with Crippen molar-refractivity contribution >= 4 is 10.0 Å². The first kappa shape index (κ1) is 16.7. The molecule has 2 heterocycles. The maximum Gasteiger partial charge on any atom is 0.243 e. The van der Waals surface area contributed by atoms with Crippen molar-refractivity contribution in [1.82, 2.24) is 4.31 Å². The van der Waals surface area contributed by atoms with Crippen molar-refractivity contribution in [2.75, 3.05) is 33.9 Å². The van der Waals surface area contributed by atoms with Crippen LogP contribution < -0.4 is 4.74 Å². The van der Waals surface area contributed by atoms with Gasteiger partial charge in [-0.3, -0.25) is 0 Å². The number of methoxy groups -OCH3 is 2. The van der Waals surface area contributed by atoms with Gasteiger partial charge < -0.3 is 14.2 Å². The van der Waals surface area contributed by atoms with E-state index in [0.717, 1.165) is 19.4 Å². The maximum atomic E-state index is 12.9. The standard InChI is InChI=1S/C16H23NO5S/c1-20-13-5-3-6-14(11-13)23(18,19)17-9-8-16(7-4-10-22-16)15(12-17)21-2/h3,5-6,11,15H,4,7-10,12H2,1-2H3/t15-,16-/m0/s1. The maximum absolute atomic E-state index is 12.9. The van der Waals surface area contributed by atoms with Gasteiger partial charge in [0.25, 0.3) is 0 Å². The van der Waals surface area contributed by atoms with Crippen LogP contribution in [0.4, 0.5) is 0 Å². The highest BCUT2D eigenvalue weighted by Crippen LogP contribution is 2.38. The average molecular weight is 341 g/mol. The van der Waals surface area contributed by atoms with Gasteiger partial charge in [-0.25, -0.2) is 8.42 Å². The summed E-state index contributed by atoms with van der Waals surface area (Å²) in [4.78, 5) is 0.245. The third kappa shape index (κ3) is 2.98. The zero-order valence-corrected chi connectivity index (χ0v) is 14.3. The van der Waals surface area contributed by atoms with E-state index < -0.39 is 10.0 Å². The van der Waals surface area contributed by atoms with Crippen LogP contribution in [-0.2, 0) is 19.5 Å². The monoisotopic (exact) mass is 341 g/mol. The Morgan fingerprint density at radius 3 is 2.78 bits per heavy atom. The third-order valence-electron chi connectivity index (χ3n) is 4.84. The Morgan fingerprint density at radius 1 is 1.30 bits per heavy atom. The highest BCUT2D eigenvalue weighted by molar-refractivity contribution is 7.89. The Bertz CT molecular complexity index is 654. The highest BCUT2D eigenvalue weighted by atomic mass is 32.2. The molecular weight excluding hydrogens is 318 g/mol. The molecule has 0 aliphatic carbocycles. The van der Waals surface area contributed by atoms with Crippen LogP contribution in [0, 0.1) is 0 Å². The molecule has 2 fully saturated rings. The molecule has 2 aliphatic rings. The van der Waals surface area contributed by atoms with Gasteiger partial charge in [0.15, 0.2) is 0 Å². The predicted molar refractivity (Wildman–Crippen MR) is 85.1 cm³/mol. The van der Waals surface area contributed by atoms with Crippen LogP contribution in [0.15, 0.2) is 29.2 Å². The van der Waals surface area contributed by atoms with E-state index in [2.05, 4.69) is 0 Å². The molecule has 0 amide bonds. The van der Waals surface area contributed by atoms with Crippen LogP contribution in [-0.4, -0.2) is 58.3 Å². The van der Waals surface area contributed by atoms with Gasteiger partial charge in [0.1, 0.15) is 5.75 Å². The van der Waals surface area contributed by atoms with Crippen molar-refractivity contribution in [3.8, 4) is 5.75 Å². The lowest BCUT2D eigenvalue weighted by Crippen LogP contribution is -2.57. The van der Waals surface area contributed by atoms with E-state index in [1.165, 1.54) is 11.4 Å². The number of benzene rings is 1. The number of sulfonamides is 1. The first-order valence-electron chi connectivity index (χ1n) is 7.83. The molecule has 6 nitrogen and oxygen atoms in total. The summed E-state index contributed by atoms with van der Waals surface area (Å²) in [5.74, 6) is 0.530. The molecule has 2 aliphatic heterocycles. The lowest BCUT2D eigenvalue weighted by atomic mass is 9.87. The zero-order valence-electron chi connectivity index (χ0n) is 13.5. The Kier molecular flexibility index (Phi) is 4.64. The number of nitrogens with zero attached hydrogens (tertiary/aromatic N) is 1. The summed E-state index contributed by atoms with van der Waals surface area (Å²) in [6.45, 7) is 1.48. The van der Waals surface area contributed by atoms with E-state index in [4.69, 9.17) is 14.2 Å². The second-order valence-corrected chi connectivity index (χ2v) is 7.97. The number of ether oxygens (including phenoxy) is 3. The minimum absolute atomic E-state index is 0.237. The molecule has 1 aromatic rings. The lowest BCUT2D eigenvalue weighted by molar-refractivity contribution is -0.131. The fraction of sp³-hybridized carbons (Fsp3) is 0.625. The van der Waals surface area contributed by atoms with Crippen molar-refractivity contribution in [3.05, 3.63) is 24.3 Å². The Hall–Kier alpha value is -1.15. The summed E-state index contributed by atoms with van der Waals surface area (Å²) in [6, 6.07) is 6.56. The molecular formula is C16H23NO5S. The summed E-state index contributed by atoms with van der Waals surface area (Å²) in [5.41, 5.74) is -0.324. The van der Waals surface area contributed by atoms with Crippen LogP contribution in [0.25, 0.3) is 0 Å². The van der Waals surface area contributed by atoms with Crippen molar-refractivity contribution in [1.29, 1.82) is 0 Å². The molecule has 3 rings (SSSR count). The zero-order chi connectivity index (χ0) is 16.5. The molecule has 0 aromatic heterocycles. The molecule has 2 saturated heterocycles. The van der Waals surface area contributed by atoms with E-state index >= 15 is 0 Å². The number of piperidine rings is 1. The molecule has 2 atom stereocenters. The molecule has 0 unspecified atom stereocenters. The van der Waals surface area contributed by atoms with Crippen LogP contribution in [0.2, 0.25) is 0 Å². The molecule has 0 bridgehead atoms. The topological polar surface area (TPSA) is 65.1 Å². The van der Waals surface area contributed by atoms with Crippen LogP contribution in [0.1, 0.15) is 19.3 Å². The van der Waals surface area contributed by atoms with Crippen molar-refractivity contribution in [3.63, 3.8) is 0 Å². The molecule has 1 spiro atoms. The molecule has 128 valence electrons. The minimum Gasteiger partial charge on any atom is -0.497 e. The first-order valence-corrected chi connectivity index (χ1v) is 9.27. The van der Waals surface area contributed by atoms with Gasteiger partial charge in [-0.15, -0.1) is 0 Å². The lowest BCUT2D eigenvalue weighted by Gasteiger charge is -2.43. The average Bonchev–Trinajstić information content (AvgIpc) is 3.04. The number of hydrogen-bond acceptors (Lipinski definition) is 5. The van der Waals surface area contributed by atoms with Gasteiger partial charge >= 0.3 is 0 Å². The predicted octanol–water partition coefficient (Wildman–Crippen LogP) is 1.65. The van der Waals surface area contributed by atoms with Gasteiger partial charge in [0.2, 0.25) is 10.0 Å². The molecule has 7 heteroatoms. The summed E-state index contributed by atoms with van der Waals surface area (Å²) in [7, 11) is -0.423. The Morgan fingerprint density at radius 2 is 2.13 bits per heavy atom. The molecule has 0 radical (unpaired) electrons. The Balaban J connectivity index is 1.84. The largest absolute Gasteiger partial charge is 0.497 e. The number of hydrogen-bond donors (Lipinski definition) is 0. The minimum atomic E-state index is -3.57. The summed E-state index contributed by atoms with van der Waals surface area (Å²) >= 11 is 0. The van der Waals surface area contributed by atoms with Crippen molar-refractivity contribution in [2.24, 2.45) is 0 Å². The summed E-state index contributed by atoms with van der Waals surface area (Å²) < 4.78 is 43.9. The smallest absolute Gasteiger partial charge is 0.243 e. The van der Waals surface area contributed by atoms with Gasteiger partial charge in [-0.2, -0.15) is 4.31 Å². The van der Waals surface area contributed by atoms with Crippen LogP contribution >= 0.6 is 0 Å². The van der Waals surface area contributed by atoms with Crippen LogP contribution in [0.5, 0.6) is 5.75 Å². The third-order valence-corrected chi connectivity index (χ3v) is 6.70. The summed E-state index contributed by atoms with van der Waals surface area (Å²) in [5, 5.41) is 0. The first-order chi connectivity index (χ1) is 11.0. The highest BCUT2D eigenvalue weighted by Gasteiger charge is 2.48. The second-order valence-electron chi connectivity index (χ2n) is 6.03. The van der Waals surface area contributed by atoms with E-state index in [9.17, 15) is 8.42 Å². The molecule has 1 aromatic carbocycles. The normalized spacial score (nSPS) is 29.0. The molecule has 0 N–H and O–H groups in total. The van der Waals surface area contributed by atoms with Crippen molar-refractivity contribution in [2.45, 2.75) is 35.9 Å².